The molecule has 4 rings (SSSR count). The van der Waals surface area contributed by atoms with Crippen molar-refractivity contribution in [3.8, 4) is 5.75 Å². The van der Waals surface area contributed by atoms with Crippen LogP contribution in [0.3, 0.4) is 0 Å². The number of rotatable bonds is 6. The lowest BCUT2D eigenvalue weighted by atomic mass is 9.72. The summed E-state index contributed by atoms with van der Waals surface area (Å²) in [6, 6.07) is 5.01. The van der Waals surface area contributed by atoms with Gasteiger partial charge in [-0.3, -0.25) is 9.59 Å². The average molecular weight is 448 g/mol. The molecule has 0 aromatic heterocycles. The molecule has 2 fully saturated rings. The van der Waals surface area contributed by atoms with Crippen LogP contribution in [0, 0.1) is 11.3 Å². The van der Waals surface area contributed by atoms with Gasteiger partial charge in [-0.25, -0.2) is 8.42 Å². The number of amidine groups is 1. The molecule has 2 heterocycles. The van der Waals surface area contributed by atoms with Crippen molar-refractivity contribution in [3.63, 3.8) is 0 Å². The topological polar surface area (TPSA) is 128 Å². The zero-order valence-corrected chi connectivity index (χ0v) is 18.4. The van der Waals surface area contributed by atoms with E-state index in [0.29, 0.717) is 48.6 Å². The van der Waals surface area contributed by atoms with Crippen molar-refractivity contribution in [2.75, 3.05) is 13.2 Å². The number of hydrogen-bond acceptors (Lipinski definition) is 6. The first kappa shape index (κ1) is 21.8. The van der Waals surface area contributed by atoms with E-state index in [1.54, 1.807) is 18.2 Å². The molecule has 9 heteroatoms. The molecule has 1 aromatic carbocycles. The predicted molar refractivity (Wildman–Crippen MR) is 116 cm³/mol. The fraction of sp³-hybridized carbons (Fsp3) is 0.591. The highest BCUT2D eigenvalue weighted by molar-refractivity contribution is 7.89. The molecule has 8 nitrogen and oxygen atoms in total. The summed E-state index contributed by atoms with van der Waals surface area (Å²) < 4.78 is 33.4. The monoisotopic (exact) mass is 447 g/mol. The number of ether oxygens (including phenoxy) is 1. The molecular formula is C22H29N3O5S. The highest BCUT2D eigenvalue weighted by atomic mass is 32.2. The maximum absolute atomic E-state index is 13.4. The number of sulfonamides is 1. The maximum atomic E-state index is 13.4. The summed E-state index contributed by atoms with van der Waals surface area (Å²) in [5.74, 6) is -0.0687. The molecule has 31 heavy (non-hydrogen) atoms. The number of piperidine rings is 1. The number of carbonyl (C=O) groups is 2. The van der Waals surface area contributed by atoms with E-state index in [1.165, 1.54) is 6.42 Å². The van der Waals surface area contributed by atoms with Gasteiger partial charge in [-0.05, 0) is 30.4 Å². The van der Waals surface area contributed by atoms with Crippen molar-refractivity contribution < 1.29 is 22.7 Å². The highest BCUT2D eigenvalue weighted by Gasteiger charge is 2.48. The van der Waals surface area contributed by atoms with Crippen LogP contribution in [0.2, 0.25) is 0 Å². The van der Waals surface area contributed by atoms with Crippen molar-refractivity contribution in [2.24, 2.45) is 21.5 Å². The number of carbonyl (C=O) groups excluding carboxylic acids is 2. The molecule has 3 aliphatic rings. The molecule has 1 atom stereocenters. The molecule has 0 bridgehead atoms. The number of amides is 1. The molecule has 2 aliphatic heterocycles. The Morgan fingerprint density at radius 3 is 2.74 bits per heavy atom. The van der Waals surface area contributed by atoms with Crippen LogP contribution in [0.1, 0.15) is 62.5 Å². The molecular weight excluding hydrogens is 418 g/mol. The van der Waals surface area contributed by atoms with Crippen LogP contribution in [-0.2, 0) is 25.4 Å². The molecule has 1 aromatic rings. The van der Waals surface area contributed by atoms with Gasteiger partial charge in [0.2, 0.25) is 5.91 Å². The third-order valence-corrected chi connectivity index (χ3v) is 7.80. The van der Waals surface area contributed by atoms with Crippen LogP contribution in [0.4, 0.5) is 0 Å². The van der Waals surface area contributed by atoms with Gasteiger partial charge in [0.25, 0.3) is 10.0 Å². The zero-order valence-electron chi connectivity index (χ0n) is 17.6. The van der Waals surface area contributed by atoms with Crippen molar-refractivity contribution in [3.05, 3.63) is 29.3 Å². The minimum atomic E-state index is -3.66. The van der Waals surface area contributed by atoms with Gasteiger partial charge in [-0.1, -0.05) is 44.2 Å². The zero-order chi connectivity index (χ0) is 22.1. The van der Waals surface area contributed by atoms with Crippen LogP contribution in [0.5, 0.6) is 5.75 Å². The molecule has 168 valence electrons. The lowest BCUT2D eigenvalue weighted by Gasteiger charge is -2.36. The van der Waals surface area contributed by atoms with E-state index >= 15 is 0 Å². The largest absolute Gasteiger partial charge is 0.491 e. The minimum absolute atomic E-state index is 0.0642. The van der Waals surface area contributed by atoms with Gasteiger partial charge in [-0.15, -0.1) is 4.40 Å². The van der Waals surface area contributed by atoms with Gasteiger partial charge in [0.05, 0.1) is 11.3 Å². The smallest absolute Gasteiger partial charge is 0.259 e. The number of fused-ring (bicyclic) bond motifs is 1. The SMILES string of the molecule is NC1=NS(=O)(=O)Cc2cccc(OCC3(C(=O)CC4CCCCC4)CCCNC3=O)c21. The van der Waals surface area contributed by atoms with E-state index in [-0.39, 0.29) is 29.9 Å². The Balaban J connectivity index is 1.58. The Hall–Kier alpha value is -2.42. The van der Waals surface area contributed by atoms with E-state index in [0.717, 1.165) is 25.7 Å². The average Bonchev–Trinajstić information content (AvgIpc) is 2.73. The summed E-state index contributed by atoms with van der Waals surface area (Å²) in [4.78, 5) is 26.3. The van der Waals surface area contributed by atoms with Crippen molar-refractivity contribution in [1.82, 2.24) is 5.32 Å². The van der Waals surface area contributed by atoms with E-state index < -0.39 is 15.4 Å². The first-order valence-corrected chi connectivity index (χ1v) is 12.6. The van der Waals surface area contributed by atoms with E-state index in [4.69, 9.17) is 10.5 Å². The van der Waals surface area contributed by atoms with Crippen LogP contribution in [-0.4, -0.2) is 39.1 Å². The standard InChI is InChI=1S/C22H29N3O5S/c23-20-19-16(13-31(28,29)25-20)8-4-9-17(19)30-14-22(10-5-11-24-21(22)27)18(26)12-15-6-2-1-3-7-15/h4,8-9,15H,1-3,5-7,10-14H2,(H2,23,25)(H,24,27). The van der Waals surface area contributed by atoms with E-state index in [9.17, 15) is 18.0 Å². The first-order chi connectivity index (χ1) is 14.8. The fourth-order valence-corrected chi connectivity index (χ4v) is 6.03. The van der Waals surface area contributed by atoms with Gasteiger partial charge in [-0.2, -0.15) is 0 Å². The molecule has 1 unspecified atom stereocenters. The number of nitrogens with two attached hydrogens (primary N) is 1. The Morgan fingerprint density at radius 1 is 1.23 bits per heavy atom. The second kappa shape index (κ2) is 8.61. The number of hydrogen-bond donors (Lipinski definition) is 2. The summed E-state index contributed by atoms with van der Waals surface area (Å²) in [5, 5.41) is 2.84. The molecule has 0 spiro atoms. The lowest BCUT2D eigenvalue weighted by Crippen LogP contribution is -2.54. The molecule has 1 aliphatic carbocycles. The molecule has 0 radical (unpaired) electrons. The Bertz CT molecular complexity index is 1010. The van der Waals surface area contributed by atoms with Gasteiger partial charge in [0.1, 0.15) is 23.6 Å². The van der Waals surface area contributed by atoms with Crippen molar-refractivity contribution in [2.45, 2.75) is 57.1 Å². The predicted octanol–water partition coefficient (Wildman–Crippen LogP) is 2.05. The van der Waals surface area contributed by atoms with Gasteiger partial charge >= 0.3 is 0 Å². The highest BCUT2D eigenvalue weighted by Crippen LogP contribution is 2.36. The number of benzene rings is 1. The maximum Gasteiger partial charge on any atom is 0.259 e. The minimum Gasteiger partial charge on any atom is -0.491 e. The van der Waals surface area contributed by atoms with Gasteiger partial charge in [0, 0.05) is 13.0 Å². The van der Waals surface area contributed by atoms with Gasteiger partial charge < -0.3 is 15.8 Å². The summed E-state index contributed by atoms with van der Waals surface area (Å²) in [6.07, 6.45) is 7.06. The van der Waals surface area contributed by atoms with Gasteiger partial charge in [0.15, 0.2) is 5.78 Å². The quantitative estimate of drug-likeness (QED) is 0.643. The summed E-state index contributed by atoms with van der Waals surface area (Å²) >= 11 is 0. The molecule has 3 N–H and O–H groups in total. The van der Waals surface area contributed by atoms with Crippen molar-refractivity contribution in [1.29, 1.82) is 0 Å². The molecule has 1 saturated heterocycles. The number of nitrogens with one attached hydrogen (secondary N) is 1. The Labute approximate surface area is 182 Å². The summed E-state index contributed by atoms with van der Waals surface area (Å²) in [6.45, 7) is 0.455. The van der Waals surface area contributed by atoms with Crippen LogP contribution in [0.25, 0.3) is 0 Å². The Kier molecular flexibility index (Phi) is 6.05. The van der Waals surface area contributed by atoms with E-state index in [2.05, 4.69) is 9.71 Å². The Morgan fingerprint density at radius 2 is 2.00 bits per heavy atom. The third kappa shape index (κ3) is 4.46. The second-order valence-electron chi connectivity index (χ2n) is 8.85. The van der Waals surface area contributed by atoms with E-state index in [1.807, 2.05) is 0 Å². The normalized spacial score (nSPS) is 25.8. The molecule has 1 saturated carbocycles. The molecule has 1 amide bonds. The first-order valence-electron chi connectivity index (χ1n) is 11.0. The lowest BCUT2D eigenvalue weighted by molar-refractivity contribution is -0.147. The van der Waals surface area contributed by atoms with Crippen LogP contribution >= 0.6 is 0 Å². The summed E-state index contributed by atoms with van der Waals surface area (Å²) in [7, 11) is -3.66. The fourth-order valence-electron chi connectivity index (χ4n) is 4.94. The second-order valence-corrected chi connectivity index (χ2v) is 10.5. The number of Topliss-reactive ketones (excluding diaryl/α,β-unsaturated/α-hetero) is 1. The number of ketones is 1. The van der Waals surface area contributed by atoms with Crippen LogP contribution in [0.15, 0.2) is 22.6 Å². The van der Waals surface area contributed by atoms with Crippen molar-refractivity contribution >= 4 is 27.5 Å². The third-order valence-electron chi connectivity index (χ3n) is 6.65. The summed E-state index contributed by atoms with van der Waals surface area (Å²) in [5.41, 5.74) is 5.61. The van der Waals surface area contributed by atoms with Crippen LogP contribution < -0.4 is 15.8 Å². The number of nitrogens with zero attached hydrogens (tertiary/aromatic N) is 1.